The molecule has 5 nitrogen and oxygen atoms in total. The maximum atomic E-state index is 10.8. The van der Waals surface area contributed by atoms with E-state index in [4.69, 9.17) is 9.84 Å². The van der Waals surface area contributed by atoms with Gasteiger partial charge in [0.25, 0.3) is 0 Å². The molecule has 102 valence electrons. The Morgan fingerprint density at radius 2 is 1.41 bits per heavy atom. The molecule has 0 heterocycles. The minimum absolute atomic E-state index is 0.422. The molecule has 0 saturated carbocycles. The summed E-state index contributed by atoms with van der Waals surface area (Å²) in [5.41, 5.74) is -0.0947. The van der Waals surface area contributed by atoms with E-state index in [-0.39, 0.29) is 0 Å². The lowest BCUT2D eigenvalue weighted by Gasteiger charge is -2.19. The normalized spacial score (nSPS) is 11.0. The number of hydrogen-bond acceptors (Lipinski definition) is 3. The predicted octanol–water partition coefficient (Wildman–Crippen LogP) is 2.65. The number of hydrogen-bond donors (Lipinski definition) is 2. The zero-order valence-electron chi connectivity index (χ0n) is 11.9. The fraction of sp³-hybridized carbons (Fsp3) is 0.833. The number of alkyl carbamates (subject to hydrolysis) is 1. The van der Waals surface area contributed by atoms with E-state index in [2.05, 4.69) is 33.0 Å². The van der Waals surface area contributed by atoms with Crippen molar-refractivity contribution >= 4 is 12.1 Å². The van der Waals surface area contributed by atoms with Crippen molar-refractivity contribution in [2.45, 2.75) is 54.1 Å². The molecule has 0 aromatic rings. The summed E-state index contributed by atoms with van der Waals surface area (Å²) in [6.45, 7) is 13.4. The lowest BCUT2D eigenvalue weighted by atomic mass is 10.0. The second-order valence-electron chi connectivity index (χ2n) is 6.25. The van der Waals surface area contributed by atoms with E-state index in [1.807, 2.05) is 0 Å². The predicted molar refractivity (Wildman–Crippen MR) is 67.0 cm³/mol. The highest BCUT2D eigenvalue weighted by molar-refractivity contribution is 5.76. The van der Waals surface area contributed by atoms with Crippen molar-refractivity contribution < 1.29 is 19.4 Å². The Labute approximate surface area is 104 Å². The summed E-state index contributed by atoms with van der Waals surface area (Å²) in [5.74, 6) is -1.10. The molecular weight excluding hydrogens is 222 g/mol. The van der Waals surface area contributed by atoms with Crippen molar-refractivity contribution in [3.8, 4) is 0 Å². The first-order valence-electron chi connectivity index (χ1n) is 5.50. The molecule has 0 aliphatic rings. The summed E-state index contributed by atoms with van der Waals surface area (Å²) >= 11 is 0. The van der Waals surface area contributed by atoms with Crippen LogP contribution in [0.1, 0.15) is 48.5 Å². The van der Waals surface area contributed by atoms with Crippen molar-refractivity contribution in [3.63, 3.8) is 0 Å². The number of amides is 1. The van der Waals surface area contributed by atoms with Crippen LogP contribution in [-0.4, -0.2) is 29.3 Å². The molecule has 0 unspecified atom stereocenters. The van der Waals surface area contributed by atoms with Crippen LogP contribution in [0.3, 0.4) is 0 Å². The fourth-order valence-corrected chi connectivity index (χ4v) is 0.462. The molecule has 0 aliphatic carbocycles. The van der Waals surface area contributed by atoms with E-state index < -0.39 is 24.2 Å². The van der Waals surface area contributed by atoms with Gasteiger partial charge in [0.15, 0.2) is 0 Å². The number of carboxylic acids is 1. The number of nitrogens with one attached hydrogen (secondary N) is 1. The summed E-state index contributed by atoms with van der Waals surface area (Å²) in [6.07, 6.45) is -0.718. The Bertz CT molecular complexity index is 242. The lowest BCUT2D eigenvalue weighted by Crippen LogP contribution is -2.35. The van der Waals surface area contributed by atoms with Crippen LogP contribution in [0.25, 0.3) is 0 Å². The third-order valence-electron chi connectivity index (χ3n) is 0.783. The van der Waals surface area contributed by atoms with Gasteiger partial charge in [0.1, 0.15) is 12.1 Å². The van der Waals surface area contributed by atoms with Crippen molar-refractivity contribution in [1.29, 1.82) is 0 Å². The monoisotopic (exact) mass is 247 g/mol. The van der Waals surface area contributed by atoms with Gasteiger partial charge in [0, 0.05) is 0 Å². The van der Waals surface area contributed by atoms with E-state index in [0.29, 0.717) is 5.41 Å². The van der Waals surface area contributed by atoms with Gasteiger partial charge in [0.05, 0.1) is 0 Å². The van der Waals surface area contributed by atoms with Crippen LogP contribution in [0, 0.1) is 5.41 Å². The first-order chi connectivity index (χ1) is 7.31. The van der Waals surface area contributed by atoms with E-state index >= 15 is 0 Å². The maximum Gasteiger partial charge on any atom is 0.408 e. The molecule has 0 spiro atoms. The number of rotatable bonds is 2. The van der Waals surface area contributed by atoms with Crippen LogP contribution in [-0.2, 0) is 9.53 Å². The smallest absolute Gasteiger partial charge is 0.408 e. The number of carboxylic acid groups (broad SMARTS) is 1. The van der Waals surface area contributed by atoms with Crippen molar-refractivity contribution in [2.75, 3.05) is 6.54 Å². The number of aliphatic carboxylic acids is 1. The average molecular weight is 247 g/mol. The molecule has 2 N–H and O–H groups in total. The van der Waals surface area contributed by atoms with Gasteiger partial charge in [-0.05, 0) is 26.2 Å². The van der Waals surface area contributed by atoms with Gasteiger partial charge in [-0.2, -0.15) is 0 Å². The van der Waals surface area contributed by atoms with Crippen LogP contribution < -0.4 is 5.32 Å². The van der Waals surface area contributed by atoms with E-state index in [9.17, 15) is 9.59 Å². The Morgan fingerprint density at radius 1 is 1.06 bits per heavy atom. The standard InChI is InChI=1S/C7H13NO4.C5H12/c1-7(2,3)12-6(11)8-4-5(9)10;1-5(2,3)4/h4H2,1-3H3,(H,8,11)(H,9,10);1-4H3. The summed E-state index contributed by atoms with van der Waals surface area (Å²) in [7, 11) is 0. The molecule has 0 aliphatic heterocycles. The molecule has 0 fully saturated rings. The lowest BCUT2D eigenvalue weighted by molar-refractivity contribution is -0.136. The second kappa shape index (κ2) is 7.14. The quantitative estimate of drug-likeness (QED) is 0.786. The van der Waals surface area contributed by atoms with Crippen molar-refractivity contribution in [3.05, 3.63) is 0 Å². The third kappa shape index (κ3) is 31.3. The van der Waals surface area contributed by atoms with Gasteiger partial charge in [0.2, 0.25) is 0 Å². The molecule has 17 heavy (non-hydrogen) atoms. The average Bonchev–Trinajstić information content (AvgIpc) is 1.93. The van der Waals surface area contributed by atoms with E-state index in [1.54, 1.807) is 20.8 Å². The first kappa shape index (κ1) is 18.1. The van der Waals surface area contributed by atoms with Gasteiger partial charge in [-0.25, -0.2) is 4.79 Å². The molecule has 1 amide bonds. The van der Waals surface area contributed by atoms with Crippen molar-refractivity contribution in [1.82, 2.24) is 5.32 Å². The highest BCUT2D eigenvalue weighted by Gasteiger charge is 2.16. The zero-order chi connectivity index (χ0) is 14.3. The van der Waals surface area contributed by atoms with Gasteiger partial charge in [-0.1, -0.05) is 27.7 Å². The number of carbonyl (C=O) groups is 2. The SMILES string of the molecule is CC(C)(C)C.CC(C)(C)OC(=O)NCC(=O)O. The summed E-state index contributed by atoms with van der Waals surface area (Å²) in [5, 5.41) is 10.3. The van der Waals surface area contributed by atoms with Gasteiger partial charge in [-0.3, -0.25) is 4.79 Å². The molecule has 0 rings (SSSR count). The summed E-state index contributed by atoms with van der Waals surface area (Å²) in [6, 6.07) is 0. The Balaban J connectivity index is 0. The zero-order valence-corrected chi connectivity index (χ0v) is 11.9. The van der Waals surface area contributed by atoms with Crippen LogP contribution in [0.15, 0.2) is 0 Å². The summed E-state index contributed by atoms with van der Waals surface area (Å²) < 4.78 is 4.77. The van der Waals surface area contributed by atoms with Crippen LogP contribution in [0.5, 0.6) is 0 Å². The Kier molecular flexibility index (Phi) is 7.61. The van der Waals surface area contributed by atoms with Crippen molar-refractivity contribution in [2.24, 2.45) is 5.41 Å². The van der Waals surface area contributed by atoms with Gasteiger partial charge >= 0.3 is 12.1 Å². The third-order valence-corrected chi connectivity index (χ3v) is 0.783. The van der Waals surface area contributed by atoms with Crippen LogP contribution in [0.4, 0.5) is 4.79 Å². The van der Waals surface area contributed by atoms with Gasteiger partial charge in [-0.15, -0.1) is 0 Å². The van der Waals surface area contributed by atoms with E-state index in [1.165, 1.54) is 0 Å². The molecule has 0 aromatic carbocycles. The molecule has 5 heteroatoms. The minimum Gasteiger partial charge on any atom is -0.480 e. The van der Waals surface area contributed by atoms with Crippen LogP contribution in [0.2, 0.25) is 0 Å². The molecular formula is C12H25NO4. The molecule has 0 saturated heterocycles. The maximum absolute atomic E-state index is 10.8. The molecule has 0 atom stereocenters. The Morgan fingerprint density at radius 3 is 1.65 bits per heavy atom. The fourth-order valence-electron chi connectivity index (χ4n) is 0.462. The topological polar surface area (TPSA) is 75.6 Å². The largest absolute Gasteiger partial charge is 0.480 e. The highest BCUT2D eigenvalue weighted by Crippen LogP contribution is 2.08. The Hall–Kier alpha value is -1.26. The number of carbonyl (C=O) groups excluding carboxylic acids is 1. The number of ether oxygens (including phenoxy) is 1. The minimum atomic E-state index is -1.10. The van der Waals surface area contributed by atoms with E-state index in [0.717, 1.165) is 0 Å². The highest BCUT2D eigenvalue weighted by atomic mass is 16.6. The molecule has 0 aromatic heterocycles. The molecule has 0 radical (unpaired) electrons. The first-order valence-corrected chi connectivity index (χ1v) is 5.50. The van der Waals surface area contributed by atoms with Crippen LogP contribution >= 0.6 is 0 Å². The summed E-state index contributed by atoms with van der Waals surface area (Å²) in [4.78, 5) is 20.8. The second-order valence-corrected chi connectivity index (χ2v) is 6.25. The molecule has 0 bridgehead atoms. The van der Waals surface area contributed by atoms with Gasteiger partial charge < -0.3 is 15.2 Å².